The minimum Gasteiger partial charge on any atom is -0.693 e. The van der Waals surface area contributed by atoms with Gasteiger partial charge < -0.3 is 39.2 Å². The first-order chi connectivity index (χ1) is 5.24. The van der Waals surface area contributed by atoms with Crippen LogP contribution in [0, 0.1) is 10.1 Å². The van der Waals surface area contributed by atoms with Gasteiger partial charge in [0.25, 0.3) is 0 Å². The van der Waals surface area contributed by atoms with Gasteiger partial charge in [0.15, 0.2) is 0 Å². The molecule has 0 aromatic rings. The molecule has 0 saturated carbocycles. The molecular formula is C4H14CoN6O2-6. The van der Waals surface area contributed by atoms with E-state index >= 15 is 0 Å². The van der Waals surface area contributed by atoms with Crippen molar-refractivity contribution < 1.29 is 16.8 Å². The minimum atomic E-state index is 0. The smallest absolute Gasteiger partial charge is 0 e. The first kappa shape index (κ1) is 29.3. The van der Waals surface area contributed by atoms with Gasteiger partial charge in [-0.1, -0.05) is 0 Å². The van der Waals surface area contributed by atoms with Crippen molar-refractivity contribution in [2.24, 2.45) is 5.34 Å². The molecular weight excluding hydrogens is 223 g/mol. The molecule has 0 atom stereocenters. The first-order valence-corrected chi connectivity index (χ1v) is 2.78. The molecule has 0 bridgehead atoms. The maximum Gasteiger partial charge on any atom is 0 e. The van der Waals surface area contributed by atoms with Gasteiger partial charge in [-0.2, -0.15) is 26.2 Å². The molecule has 8 nitrogen and oxygen atoms in total. The monoisotopic (exact) mass is 237 g/mol. The van der Waals surface area contributed by atoms with E-state index in [1.54, 1.807) is 0 Å². The summed E-state index contributed by atoms with van der Waals surface area (Å²) in [5.74, 6) is 0. The van der Waals surface area contributed by atoms with Gasteiger partial charge in [0, 0.05) is 16.8 Å². The Morgan fingerprint density at radius 2 is 1.00 bits per heavy atom. The number of nitrogens with one attached hydrogen (secondary N) is 4. The molecule has 0 unspecified atom stereocenters. The van der Waals surface area contributed by atoms with Gasteiger partial charge in [0.1, 0.15) is 0 Å². The summed E-state index contributed by atoms with van der Waals surface area (Å²) in [7, 11) is 0. The summed E-state index contributed by atoms with van der Waals surface area (Å²) in [5, 5.41) is 9.00. The number of nitrogens with two attached hydrogens (primary N) is 1. The predicted octanol–water partition coefficient (Wildman–Crippen LogP) is 3.15. The maximum atomic E-state index is 8.00. The zero-order chi connectivity index (χ0) is 9.54. The molecule has 0 rings (SSSR count). The van der Waals surface area contributed by atoms with Crippen LogP contribution in [-0.4, -0.2) is 26.2 Å². The van der Waals surface area contributed by atoms with Crippen molar-refractivity contribution in [2.75, 3.05) is 26.2 Å². The fourth-order valence-electron chi connectivity index (χ4n) is 0. The summed E-state index contributed by atoms with van der Waals surface area (Å²) in [6.45, 7) is 0.944. The Morgan fingerprint density at radius 3 is 1.00 bits per heavy atom. The van der Waals surface area contributed by atoms with Gasteiger partial charge in [0.05, 0.1) is 0 Å². The second kappa shape index (κ2) is 60.6. The van der Waals surface area contributed by atoms with E-state index in [9.17, 15) is 0 Å². The van der Waals surface area contributed by atoms with Crippen LogP contribution < -0.4 is 0 Å². The molecule has 0 spiro atoms. The summed E-state index contributed by atoms with van der Waals surface area (Å²) >= 11 is 0. The summed E-state index contributed by atoms with van der Waals surface area (Å²) in [5.41, 5.74) is 25.1. The van der Waals surface area contributed by atoms with Crippen LogP contribution in [-0.2, 0) is 16.8 Å². The normalized spacial score (nSPS) is 5.54. The molecule has 0 heterocycles. The molecule has 0 aliphatic carbocycles. The Bertz CT molecular complexity index is 51.9. The van der Waals surface area contributed by atoms with Gasteiger partial charge in [-0.3, -0.25) is 0 Å². The fourth-order valence-corrected chi connectivity index (χ4v) is 0. The van der Waals surface area contributed by atoms with Crippen LogP contribution in [0.4, 0.5) is 0 Å². The first-order valence-electron chi connectivity index (χ1n) is 2.78. The Hall–Kier alpha value is -0.294. The summed E-state index contributed by atoms with van der Waals surface area (Å²) in [4.78, 5) is 8.00. The molecule has 0 fully saturated rings. The molecule has 0 aliphatic heterocycles. The predicted molar refractivity (Wildman–Crippen MR) is 51.2 cm³/mol. The largest absolute Gasteiger partial charge is 0.693 e. The van der Waals surface area contributed by atoms with E-state index in [1.807, 2.05) is 0 Å². The molecule has 13 heavy (non-hydrogen) atoms. The van der Waals surface area contributed by atoms with Gasteiger partial charge in [-0.15, -0.1) is 5.34 Å². The maximum absolute atomic E-state index is 8.00. The molecule has 0 amide bonds. The SMILES string of the molecule is O=N[O-].[Co].[NH-]CC[NH-].[NH-]CC[NH-].[NH2-]. The van der Waals surface area contributed by atoms with Gasteiger partial charge >= 0.3 is 0 Å². The molecule has 0 aliphatic rings. The number of hydrogen-bond donors (Lipinski definition) is 0. The van der Waals surface area contributed by atoms with Crippen molar-refractivity contribution in [3.63, 3.8) is 0 Å². The van der Waals surface area contributed by atoms with E-state index in [2.05, 4.69) is 0 Å². The van der Waals surface area contributed by atoms with Crippen molar-refractivity contribution in [2.45, 2.75) is 0 Å². The van der Waals surface area contributed by atoms with Crippen LogP contribution in [0.2, 0.25) is 0 Å². The number of rotatable bonds is 2. The average Bonchev–Trinajstić information content (AvgIpc) is 2.06. The summed E-state index contributed by atoms with van der Waals surface area (Å²) in [6, 6.07) is 0. The summed E-state index contributed by atoms with van der Waals surface area (Å²) < 4.78 is 0. The number of hydrogen-bond acceptors (Lipinski definition) is 3. The molecule has 0 aromatic heterocycles. The topological polar surface area (TPSA) is 181 Å². The molecule has 0 saturated heterocycles. The van der Waals surface area contributed by atoms with Gasteiger partial charge in [-0.25, -0.2) is 0 Å². The average molecular weight is 237 g/mol. The van der Waals surface area contributed by atoms with Gasteiger partial charge in [0.2, 0.25) is 0 Å². The number of nitrogens with zero attached hydrogens (tertiary/aromatic N) is 1. The van der Waals surface area contributed by atoms with Crippen molar-refractivity contribution >= 4 is 0 Å². The third-order valence-electron chi connectivity index (χ3n) is 0.250. The Balaban J connectivity index is -0.0000000231. The molecule has 87 valence electrons. The van der Waals surface area contributed by atoms with Crippen LogP contribution in [0.3, 0.4) is 0 Å². The second-order valence-corrected chi connectivity index (χ2v) is 1.07. The van der Waals surface area contributed by atoms with E-state index in [0.717, 1.165) is 5.34 Å². The van der Waals surface area contributed by atoms with Crippen molar-refractivity contribution in [1.82, 2.24) is 0 Å². The molecule has 6 N–H and O–H groups in total. The van der Waals surface area contributed by atoms with Crippen LogP contribution in [0.25, 0.3) is 29.1 Å². The molecule has 1 radical (unpaired) electrons. The quantitative estimate of drug-likeness (QED) is 0.528. The van der Waals surface area contributed by atoms with E-state index in [-0.39, 0.29) is 49.1 Å². The van der Waals surface area contributed by atoms with Crippen molar-refractivity contribution in [1.29, 1.82) is 0 Å². The molecule has 9 heteroatoms. The van der Waals surface area contributed by atoms with Crippen LogP contribution in [0.5, 0.6) is 0 Å². The van der Waals surface area contributed by atoms with Gasteiger partial charge in [-0.05, 0) is 0 Å². The van der Waals surface area contributed by atoms with Crippen molar-refractivity contribution in [3.8, 4) is 0 Å². The zero-order valence-electron chi connectivity index (χ0n) is 7.00. The van der Waals surface area contributed by atoms with E-state index in [0.29, 0.717) is 0 Å². The van der Waals surface area contributed by atoms with E-state index < -0.39 is 0 Å². The van der Waals surface area contributed by atoms with Crippen LogP contribution in [0.15, 0.2) is 5.34 Å². The fraction of sp³-hybridized carbons (Fsp3) is 1.00. The molecule has 0 aromatic carbocycles. The Morgan fingerprint density at radius 1 is 0.923 bits per heavy atom. The zero-order valence-corrected chi connectivity index (χ0v) is 8.04. The third-order valence-corrected chi connectivity index (χ3v) is 0.250. The standard InChI is InChI=1S/2C2H6N2.Co.HNO2.H2N/c2*3-1-2-4;;2-1-3;/h2*3-4H,1-2H2;;(H,2,3);1H2/q2*-2;;;-1/p-1. The Kier molecular flexibility index (Phi) is 137. The van der Waals surface area contributed by atoms with Crippen molar-refractivity contribution in [3.05, 3.63) is 39.2 Å². The van der Waals surface area contributed by atoms with Crippen LogP contribution in [0.1, 0.15) is 0 Å². The summed E-state index contributed by atoms with van der Waals surface area (Å²) in [6.07, 6.45) is 0. The van der Waals surface area contributed by atoms with E-state index in [1.165, 1.54) is 0 Å². The van der Waals surface area contributed by atoms with Crippen LogP contribution >= 0.6 is 0 Å². The third kappa shape index (κ3) is 379. The Labute approximate surface area is 88.1 Å². The second-order valence-electron chi connectivity index (χ2n) is 1.07. The minimum absolute atomic E-state index is 0. The van der Waals surface area contributed by atoms with E-state index in [4.69, 9.17) is 33.0 Å².